The zero-order valence-electron chi connectivity index (χ0n) is 8.60. The molecular weight excluding hydrogens is 172 g/mol. The molecule has 2 nitrogen and oxygen atoms in total. The van der Waals surface area contributed by atoms with Crippen LogP contribution < -0.4 is 0 Å². The molecule has 4 aliphatic heterocycles. The number of hydrogen-bond donors (Lipinski definition) is 0. The molecule has 0 spiro atoms. The van der Waals surface area contributed by atoms with Gasteiger partial charge >= 0.3 is 0 Å². The molecule has 3 saturated heterocycles. The molecule has 0 N–H and O–H groups in total. The summed E-state index contributed by atoms with van der Waals surface area (Å²) in [5.74, 6) is 0. The molecule has 4 bridgehead atoms. The molecule has 2 unspecified atom stereocenters. The van der Waals surface area contributed by atoms with Gasteiger partial charge in [0.25, 0.3) is 0 Å². The summed E-state index contributed by atoms with van der Waals surface area (Å²) >= 11 is 0. The molecule has 76 valence electrons. The van der Waals surface area contributed by atoms with E-state index < -0.39 is 0 Å². The van der Waals surface area contributed by atoms with Crippen molar-refractivity contribution < 1.29 is 0 Å². The number of nitrogens with zero attached hydrogens (tertiary/aromatic N) is 2. The van der Waals surface area contributed by atoms with Crippen molar-refractivity contribution in [3.63, 3.8) is 0 Å². The smallest absolute Gasteiger partial charge is 0.0430 e. The fourth-order valence-electron chi connectivity index (χ4n) is 4.08. The lowest BCUT2D eigenvalue weighted by Crippen LogP contribution is -2.70. The summed E-state index contributed by atoms with van der Waals surface area (Å²) in [6, 6.07) is 3.29. The maximum Gasteiger partial charge on any atom is 0.0430 e. The molecule has 14 heavy (non-hydrogen) atoms. The maximum atomic E-state index is 2.74. The van der Waals surface area contributed by atoms with Crippen molar-refractivity contribution in [1.82, 2.24) is 10.0 Å². The van der Waals surface area contributed by atoms with E-state index in [1.165, 1.54) is 38.5 Å². The van der Waals surface area contributed by atoms with E-state index in [0.29, 0.717) is 0 Å². The third-order valence-corrected chi connectivity index (χ3v) is 4.67. The van der Waals surface area contributed by atoms with Gasteiger partial charge < -0.3 is 0 Å². The SMILES string of the molecule is C1=C[C@H]2CC[C@@H]1N1C3CCC(CC3)N21. The summed E-state index contributed by atoms with van der Waals surface area (Å²) in [7, 11) is 0. The number of fused-ring (bicyclic) bond motifs is 3. The summed E-state index contributed by atoms with van der Waals surface area (Å²) in [6.45, 7) is 0. The molecule has 0 aromatic heterocycles. The summed E-state index contributed by atoms with van der Waals surface area (Å²) in [4.78, 5) is 0. The van der Waals surface area contributed by atoms with Crippen LogP contribution in [0, 0.1) is 0 Å². The highest BCUT2D eigenvalue weighted by atomic mass is 15.7. The van der Waals surface area contributed by atoms with E-state index in [9.17, 15) is 0 Å². The van der Waals surface area contributed by atoms with Crippen molar-refractivity contribution in [2.24, 2.45) is 0 Å². The third kappa shape index (κ3) is 0.842. The van der Waals surface area contributed by atoms with Gasteiger partial charge in [0.1, 0.15) is 0 Å². The van der Waals surface area contributed by atoms with Crippen LogP contribution in [0.25, 0.3) is 0 Å². The lowest BCUT2D eigenvalue weighted by molar-refractivity contribution is -0.213. The first-order chi connectivity index (χ1) is 6.93. The zero-order valence-corrected chi connectivity index (χ0v) is 8.60. The summed E-state index contributed by atoms with van der Waals surface area (Å²) < 4.78 is 0. The van der Waals surface area contributed by atoms with E-state index in [1.54, 1.807) is 0 Å². The lowest BCUT2D eigenvalue weighted by atomic mass is 9.80. The molecule has 6 aliphatic rings. The van der Waals surface area contributed by atoms with E-state index >= 15 is 0 Å². The zero-order chi connectivity index (χ0) is 9.12. The minimum Gasteiger partial charge on any atom is -0.231 e. The largest absolute Gasteiger partial charge is 0.231 e. The first-order valence-electron chi connectivity index (χ1n) is 6.18. The summed E-state index contributed by atoms with van der Waals surface area (Å²) in [5.41, 5.74) is 0. The van der Waals surface area contributed by atoms with Crippen LogP contribution in [0.5, 0.6) is 0 Å². The number of rotatable bonds is 0. The van der Waals surface area contributed by atoms with Gasteiger partial charge in [0.05, 0.1) is 0 Å². The Labute approximate surface area is 85.5 Å². The van der Waals surface area contributed by atoms with Gasteiger partial charge in [-0.05, 0) is 38.5 Å². The van der Waals surface area contributed by atoms with Gasteiger partial charge in [0.2, 0.25) is 0 Å². The van der Waals surface area contributed by atoms with E-state index in [0.717, 1.165) is 24.2 Å². The normalized spacial score (nSPS) is 58.9. The van der Waals surface area contributed by atoms with Crippen LogP contribution >= 0.6 is 0 Å². The van der Waals surface area contributed by atoms with Gasteiger partial charge in [-0.25, -0.2) is 10.0 Å². The molecule has 0 aromatic carbocycles. The minimum atomic E-state index is 0.757. The van der Waals surface area contributed by atoms with Gasteiger partial charge in [-0.15, -0.1) is 0 Å². The van der Waals surface area contributed by atoms with Crippen LogP contribution in [0.15, 0.2) is 12.2 Å². The average molecular weight is 190 g/mol. The second-order valence-corrected chi connectivity index (χ2v) is 5.32. The Balaban J connectivity index is 1.77. The van der Waals surface area contributed by atoms with Gasteiger partial charge in [0, 0.05) is 24.2 Å². The Morgan fingerprint density at radius 3 is 1.43 bits per heavy atom. The standard InChI is InChI=1S/C12H18N2/c1-2-10-4-3-9(1)13-11-5-7-12(8-6-11)14(10)13/h1-2,9-12H,3-8H2/t9-,10+,11?,12?. The van der Waals surface area contributed by atoms with Crippen LogP contribution in [-0.2, 0) is 0 Å². The first-order valence-corrected chi connectivity index (χ1v) is 6.18. The second kappa shape index (κ2) is 2.61. The molecular formula is C12H18N2. The average Bonchev–Trinajstić information content (AvgIpc) is 2.32. The predicted molar refractivity (Wildman–Crippen MR) is 55.7 cm³/mol. The highest BCUT2D eigenvalue weighted by Gasteiger charge is 2.48. The maximum absolute atomic E-state index is 2.74. The number of hydrogen-bond acceptors (Lipinski definition) is 2. The molecule has 4 atom stereocenters. The fraction of sp³-hybridized carbons (Fsp3) is 0.833. The van der Waals surface area contributed by atoms with Crippen molar-refractivity contribution in [2.75, 3.05) is 0 Å². The molecule has 6 rings (SSSR count). The lowest BCUT2D eigenvalue weighted by Gasteiger charge is -2.62. The van der Waals surface area contributed by atoms with Gasteiger partial charge in [-0.1, -0.05) is 12.2 Å². The van der Waals surface area contributed by atoms with Crippen LogP contribution in [0.2, 0.25) is 0 Å². The third-order valence-electron chi connectivity index (χ3n) is 4.67. The Kier molecular flexibility index (Phi) is 1.47. The molecule has 0 aromatic rings. The fourth-order valence-corrected chi connectivity index (χ4v) is 4.08. The van der Waals surface area contributed by atoms with Crippen LogP contribution in [-0.4, -0.2) is 34.2 Å². The van der Waals surface area contributed by atoms with E-state index in [2.05, 4.69) is 22.2 Å². The van der Waals surface area contributed by atoms with Gasteiger partial charge in [-0.3, -0.25) is 0 Å². The van der Waals surface area contributed by atoms with Crippen molar-refractivity contribution in [1.29, 1.82) is 0 Å². The minimum absolute atomic E-state index is 0.757. The van der Waals surface area contributed by atoms with Crippen LogP contribution in [0.3, 0.4) is 0 Å². The molecule has 0 radical (unpaired) electrons. The summed E-state index contributed by atoms with van der Waals surface area (Å²) in [5, 5.41) is 5.48. The molecule has 4 heterocycles. The Bertz CT molecular complexity index is 250. The van der Waals surface area contributed by atoms with Crippen LogP contribution in [0.1, 0.15) is 38.5 Å². The Morgan fingerprint density at radius 1 is 0.643 bits per heavy atom. The van der Waals surface area contributed by atoms with Gasteiger partial charge in [0.15, 0.2) is 0 Å². The highest BCUT2D eigenvalue weighted by Crippen LogP contribution is 2.44. The number of hydrazine groups is 1. The van der Waals surface area contributed by atoms with Crippen molar-refractivity contribution >= 4 is 0 Å². The molecule has 4 fully saturated rings. The second-order valence-electron chi connectivity index (χ2n) is 5.32. The van der Waals surface area contributed by atoms with E-state index in [1.807, 2.05) is 0 Å². The van der Waals surface area contributed by atoms with Crippen LogP contribution in [0.4, 0.5) is 0 Å². The quantitative estimate of drug-likeness (QED) is 0.539. The van der Waals surface area contributed by atoms with Crippen molar-refractivity contribution in [2.45, 2.75) is 62.7 Å². The highest BCUT2D eigenvalue weighted by molar-refractivity contribution is 5.14. The molecule has 2 aliphatic carbocycles. The Hall–Kier alpha value is -0.340. The van der Waals surface area contributed by atoms with Gasteiger partial charge in [-0.2, -0.15) is 0 Å². The molecule has 2 heteroatoms. The van der Waals surface area contributed by atoms with Crippen molar-refractivity contribution in [3.05, 3.63) is 12.2 Å². The monoisotopic (exact) mass is 190 g/mol. The van der Waals surface area contributed by atoms with E-state index in [4.69, 9.17) is 0 Å². The van der Waals surface area contributed by atoms with E-state index in [-0.39, 0.29) is 0 Å². The first kappa shape index (κ1) is 7.89. The topological polar surface area (TPSA) is 6.48 Å². The predicted octanol–water partition coefficient (Wildman–Crippen LogP) is 1.93. The summed E-state index contributed by atoms with van der Waals surface area (Å²) in [6.07, 6.45) is 13.6. The Morgan fingerprint density at radius 2 is 1.07 bits per heavy atom. The van der Waals surface area contributed by atoms with Crippen molar-refractivity contribution in [3.8, 4) is 0 Å². The molecule has 0 amide bonds. The molecule has 1 saturated carbocycles.